The minimum absolute atomic E-state index is 0.313. The van der Waals surface area contributed by atoms with E-state index >= 15 is 0 Å². The second-order valence-corrected chi connectivity index (χ2v) is 7.64. The van der Waals surface area contributed by atoms with Gasteiger partial charge in [0.1, 0.15) is 0 Å². The summed E-state index contributed by atoms with van der Waals surface area (Å²) in [6, 6.07) is 3.34. The number of rotatable bonds is 10. The number of carbonyl (C=O) groups is 1. The molecule has 1 aromatic rings. The van der Waals surface area contributed by atoms with E-state index in [0.29, 0.717) is 19.4 Å². The zero-order chi connectivity index (χ0) is 18.3. The Morgan fingerprint density at radius 2 is 2.24 bits per heavy atom. The lowest BCUT2D eigenvalue weighted by Gasteiger charge is -2.21. The van der Waals surface area contributed by atoms with Crippen LogP contribution in [0.3, 0.4) is 0 Å². The van der Waals surface area contributed by atoms with E-state index in [1.54, 1.807) is 23.5 Å². The summed E-state index contributed by atoms with van der Waals surface area (Å²) in [5.41, 5.74) is 0. The Morgan fingerprint density at radius 1 is 1.44 bits per heavy atom. The zero-order valence-corrected chi connectivity index (χ0v) is 15.5. The van der Waals surface area contributed by atoms with E-state index in [2.05, 4.69) is 6.92 Å². The highest BCUT2D eigenvalue weighted by molar-refractivity contribution is 7.09. The summed E-state index contributed by atoms with van der Waals surface area (Å²) in [6.45, 7) is 2.40. The lowest BCUT2D eigenvalue weighted by molar-refractivity contribution is -0.148. The molecule has 0 saturated carbocycles. The van der Waals surface area contributed by atoms with Gasteiger partial charge in [0.15, 0.2) is 0 Å². The van der Waals surface area contributed by atoms with Crippen molar-refractivity contribution < 1.29 is 18.7 Å². The Kier molecular flexibility index (Phi) is 7.56. The SMILES string of the molecule is CCCCC[C@@H](O)/C=C/[C@H]1CC(F)(F)C(=O)N1CCCc1cccs1. The van der Waals surface area contributed by atoms with Crippen LogP contribution in [0.25, 0.3) is 0 Å². The van der Waals surface area contributed by atoms with Crippen LogP contribution in [0, 0.1) is 0 Å². The van der Waals surface area contributed by atoms with Crippen molar-refractivity contribution >= 4 is 17.2 Å². The molecule has 1 saturated heterocycles. The van der Waals surface area contributed by atoms with E-state index in [9.17, 15) is 18.7 Å². The summed E-state index contributed by atoms with van der Waals surface area (Å²) >= 11 is 1.63. The molecule has 25 heavy (non-hydrogen) atoms. The Labute approximate surface area is 152 Å². The van der Waals surface area contributed by atoms with Crippen molar-refractivity contribution in [2.24, 2.45) is 0 Å². The summed E-state index contributed by atoms with van der Waals surface area (Å²) in [5, 5.41) is 11.9. The fourth-order valence-electron chi connectivity index (χ4n) is 3.09. The number of nitrogens with zero attached hydrogens (tertiary/aromatic N) is 1. The maximum Gasteiger partial charge on any atom is 0.327 e. The third-order valence-corrected chi connectivity index (χ3v) is 5.44. The monoisotopic (exact) mass is 371 g/mol. The molecule has 0 unspecified atom stereocenters. The minimum atomic E-state index is -3.30. The fraction of sp³-hybridized carbons (Fsp3) is 0.632. The molecule has 0 aliphatic carbocycles. The number of thiophene rings is 1. The van der Waals surface area contributed by atoms with Gasteiger partial charge >= 0.3 is 5.92 Å². The number of likely N-dealkylation sites (tertiary alicyclic amines) is 1. The van der Waals surface area contributed by atoms with Gasteiger partial charge in [0.2, 0.25) is 0 Å². The molecule has 2 atom stereocenters. The number of aryl methyl sites for hydroxylation is 1. The van der Waals surface area contributed by atoms with E-state index in [1.165, 1.54) is 9.78 Å². The average molecular weight is 371 g/mol. The topological polar surface area (TPSA) is 40.5 Å². The van der Waals surface area contributed by atoms with Crippen molar-refractivity contribution in [3.05, 3.63) is 34.5 Å². The van der Waals surface area contributed by atoms with Gasteiger partial charge < -0.3 is 10.0 Å². The van der Waals surface area contributed by atoms with Crippen molar-refractivity contribution in [1.82, 2.24) is 4.90 Å². The summed E-state index contributed by atoms with van der Waals surface area (Å²) < 4.78 is 27.7. The third-order valence-electron chi connectivity index (χ3n) is 4.50. The summed E-state index contributed by atoms with van der Waals surface area (Å²) in [6.07, 6.45) is 7.10. The molecule has 1 N–H and O–H groups in total. The van der Waals surface area contributed by atoms with Crippen LogP contribution in [-0.2, 0) is 11.2 Å². The maximum absolute atomic E-state index is 13.8. The van der Waals surface area contributed by atoms with Gasteiger partial charge in [0, 0.05) is 17.8 Å². The molecule has 1 aliphatic rings. The van der Waals surface area contributed by atoms with Gasteiger partial charge in [-0.25, -0.2) is 0 Å². The first-order valence-electron chi connectivity index (χ1n) is 9.01. The molecule has 3 nitrogen and oxygen atoms in total. The highest BCUT2D eigenvalue weighted by Crippen LogP contribution is 2.34. The minimum Gasteiger partial charge on any atom is -0.389 e. The first-order valence-corrected chi connectivity index (χ1v) is 9.89. The van der Waals surface area contributed by atoms with Crippen molar-refractivity contribution in [2.45, 2.75) is 69.9 Å². The highest BCUT2D eigenvalue weighted by atomic mass is 32.1. The van der Waals surface area contributed by atoms with Gasteiger partial charge in [-0.15, -0.1) is 11.3 Å². The highest BCUT2D eigenvalue weighted by Gasteiger charge is 2.52. The number of alkyl halides is 2. The quantitative estimate of drug-likeness (QED) is 0.489. The van der Waals surface area contributed by atoms with Crippen molar-refractivity contribution in [3.63, 3.8) is 0 Å². The first-order chi connectivity index (χ1) is 11.9. The molecule has 0 radical (unpaired) electrons. The summed E-state index contributed by atoms with van der Waals surface area (Å²) in [7, 11) is 0. The summed E-state index contributed by atoms with van der Waals surface area (Å²) in [4.78, 5) is 14.4. The Hall–Kier alpha value is -1.27. The normalized spacial score (nSPS) is 21.4. The number of carbonyl (C=O) groups excluding carboxylic acids is 1. The van der Waals surface area contributed by atoms with Crippen LogP contribution in [0.15, 0.2) is 29.7 Å². The van der Waals surface area contributed by atoms with E-state index in [4.69, 9.17) is 0 Å². The molecule has 140 valence electrons. The van der Waals surface area contributed by atoms with Crippen molar-refractivity contribution in [3.8, 4) is 0 Å². The number of aliphatic hydroxyl groups is 1. The van der Waals surface area contributed by atoms with Gasteiger partial charge in [-0.1, -0.05) is 44.4 Å². The van der Waals surface area contributed by atoms with Gasteiger partial charge in [0.25, 0.3) is 5.91 Å². The number of unbranched alkanes of at least 4 members (excludes halogenated alkanes) is 2. The second kappa shape index (κ2) is 9.43. The van der Waals surface area contributed by atoms with Crippen LogP contribution in [0.2, 0.25) is 0 Å². The lowest BCUT2D eigenvalue weighted by atomic mass is 10.1. The molecule has 1 fully saturated rings. The molecule has 6 heteroatoms. The van der Waals surface area contributed by atoms with Gasteiger partial charge in [-0.2, -0.15) is 8.78 Å². The largest absolute Gasteiger partial charge is 0.389 e. The van der Waals surface area contributed by atoms with Crippen LogP contribution >= 0.6 is 11.3 Å². The van der Waals surface area contributed by atoms with Gasteiger partial charge in [-0.05, 0) is 30.7 Å². The van der Waals surface area contributed by atoms with Crippen LogP contribution in [0.5, 0.6) is 0 Å². The molecular weight excluding hydrogens is 344 g/mol. The third kappa shape index (κ3) is 5.89. The van der Waals surface area contributed by atoms with Gasteiger partial charge in [0.05, 0.1) is 12.1 Å². The smallest absolute Gasteiger partial charge is 0.327 e. The van der Waals surface area contributed by atoms with E-state index in [0.717, 1.165) is 25.7 Å². The molecule has 0 aromatic carbocycles. The van der Waals surface area contributed by atoms with Crippen LogP contribution < -0.4 is 0 Å². The lowest BCUT2D eigenvalue weighted by Crippen LogP contribution is -2.36. The first kappa shape index (κ1) is 20.0. The zero-order valence-electron chi connectivity index (χ0n) is 14.7. The van der Waals surface area contributed by atoms with Crippen molar-refractivity contribution in [1.29, 1.82) is 0 Å². The number of hydrogen-bond donors (Lipinski definition) is 1. The summed E-state index contributed by atoms with van der Waals surface area (Å²) in [5.74, 6) is -4.39. The van der Waals surface area contributed by atoms with Crippen LogP contribution in [0.4, 0.5) is 8.78 Å². The standard InChI is InChI=1S/C19H27F2NO2S/c1-2-3-4-7-16(23)11-10-15-14-19(20,21)18(24)22(15)12-5-8-17-9-6-13-25-17/h6,9-11,13,15-16,23H,2-5,7-8,12,14H2,1H3/b11-10+/t15-,16+/m0/s1. The Balaban J connectivity index is 1.90. The molecule has 1 amide bonds. The number of halogens is 2. The number of hydrogen-bond acceptors (Lipinski definition) is 3. The van der Waals surface area contributed by atoms with Crippen molar-refractivity contribution in [2.75, 3.05) is 6.54 Å². The Morgan fingerprint density at radius 3 is 2.92 bits per heavy atom. The number of aliphatic hydroxyl groups excluding tert-OH is 1. The predicted octanol–water partition coefficient (Wildman–Crippen LogP) is 4.41. The second-order valence-electron chi connectivity index (χ2n) is 6.61. The van der Waals surface area contributed by atoms with Crippen LogP contribution in [0.1, 0.15) is 50.3 Å². The molecule has 0 spiro atoms. The molecule has 1 aliphatic heterocycles. The number of amides is 1. The van der Waals surface area contributed by atoms with Gasteiger partial charge in [-0.3, -0.25) is 4.79 Å². The Bertz CT molecular complexity index is 560. The van der Waals surface area contributed by atoms with E-state index < -0.39 is 30.4 Å². The molecule has 0 bridgehead atoms. The maximum atomic E-state index is 13.8. The van der Waals surface area contributed by atoms with Crippen LogP contribution in [-0.4, -0.2) is 40.5 Å². The molecule has 1 aromatic heterocycles. The molecule has 2 heterocycles. The predicted molar refractivity (Wildman–Crippen MR) is 97.0 cm³/mol. The van der Waals surface area contributed by atoms with E-state index in [-0.39, 0.29) is 0 Å². The molecule has 2 rings (SSSR count). The van der Waals surface area contributed by atoms with E-state index in [1.807, 2.05) is 17.5 Å². The molecular formula is C19H27F2NO2S. The average Bonchev–Trinajstić information content (AvgIpc) is 3.15. The fourth-order valence-corrected chi connectivity index (χ4v) is 3.85.